The fourth-order valence-electron chi connectivity index (χ4n) is 3.91. The summed E-state index contributed by atoms with van der Waals surface area (Å²) in [5.41, 5.74) is 0.718. The van der Waals surface area contributed by atoms with Crippen LogP contribution in [0.4, 0.5) is 5.69 Å². The number of fused-ring (bicyclic) bond motifs is 1. The Kier molecular flexibility index (Phi) is 6.58. The highest BCUT2D eigenvalue weighted by Gasteiger charge is 2.28. The molecule has 1 amide bonds. The Labute approximate surface area is 163 Å². The number of amides is 1. The summed E-state index contributed by atoms with van der Waals surface area (Å²) in [5.74, 6) is 0.145. The first-order valence-electron chi connectivity index (χ1n) is 9.77. The Morgan fingerprint density at radius 1 is 1.36 bits per heavy atom. The van der Waals surface area contributed by atoms with Crippen LogP contribution >= 0.6 is 0 Å². The highest BCUT2D eigenvalue weighted by molar-refractivity contribution is 6.05. The third kappa shape index (κ3) is 4.31. The molecule has 1 atom stereocenters. The fourth-order valence-corrected chi connectivity index (χ4v) is 3.91. The van der Waals surface area contributed by atoms with Crippen molar-refractivity contribution < 1.29 is 14.5 Å². The summed E-state index contributed by atoms with van der Waals surface area (Å²) >= 11 is 0. The van der Waals surface area contributed by atoms with Gasteiger partial charge in [-0.1, -0.05) is 26.7 Å². The van der Waals surface area contributed by atoms with E-state index in [1.54, 1.807) is 6.07 Å². The summed E-state index contributed by atoms with van der Waals surface area (Å²) in [6.45, 7) is 7.97. The number of rotatable bonds is 8. The number of hydrogen-bond acceptors (Lipinski definition) is 6. The van der Waals surface area contributed by atoms with E-state index in [4.69, 9.17) is 4.74 Å². The number of nitro groups is 1. The zero-order valence-corrected chi connectivity index (χ0v) is 16.3. The van der Waals surface area contributed by atoms with Crippen LogP contribution in [0.15, 0.2) is 18.2 Å². The number of non-ortho nitro benzene ring substituents is 1. The first kappa shape index (κ1) is 20.2. The molecule has 28 heavy (non-hydrogen) atoms. The van der Waals surface area contributed by atoms with Crippen LogP contribution in [0.3, 0.4) is 0 Å². The molecule has 152 valence electrons. The predicted molar refractivity (Wildman–Crippen MR) is 105 cm³/mol. The van der Waals surface area contributed by atoms with E-state index in [9.17, 15) is 14.9 Å². The van der Waals surface area contributed by atoms with Crippen molar-refractivity contribution in [2.75, 3.05) is 32.8 Å². The van der Waals surface area contributed by atoms with Gasteiger partial charge in [-0.15, -0.1) is 0 Å². The molecule has 0 bridgehead atoms. The largest absolute Gasteiger partial charge is 0.379 e. The van der Waals surface area contributed by atoms with E-state index in [0.717, 1.165) is 25.9 Å². The first-order chi connectivity index (χ1) is 13.5. The fraction of sp³-hybridized carbons (Fsp3) is 0.579. The van der Waals surface area contributed by atoms with E-state index >= 15 is 0 Å². The standard InChI is InChI=1S/C19H27N5O4/c1-3-13(4-2)17(23-7-9-28-10-8-23)12-20-19(25)18-15-11-14(24(26)27)5-6-16(15)21-22-18/h5-6,11,13,17H,3-4,7-10,12H2,1-2H3,(H,20,25)(H,21,22). The number of carbonyl (C=O) groups is 1. The molecule has 2 N–H and O–H groups in total. The number of H-pyrrole nitrogens is 1. The lowest BCUT2D eigenvalue weighted by Gasteiger charge is -2.38. The highest BCUT2D eigenvalue weighted by atomic mass is 16.6. The minimum absolute atomic E-state index is 0.0637. The van der Waals surface area contributed by atoms with Crippen LogP contribution in [0.25, 0.3) is 10.9 Å². The van der Waals surface area contributed by atoms with Crippen LogP contribution in [0.2, 0.25) is 0 Å². The quantitative estimate of drug-likeness (QED) is 0.529. The van der Waals surface area contributed by atoms with Crippen molar-refractivity contribution in [1.29, 1.82) is 0 Å². The van der Waals surface area contributed by atoms with Crippen LogP contribution in [0.5, 0.6) is 0 Å². The summed E-state index contributed by atoms with van der Waals surface area (Å²) in [7, 11) is 0. The van der Waals surface area contributed by atoms with Gasteiger partial charge in [0, 0.05) is 43.2 Å². The van der Waals surface area contributed by atoms with Gasteiger partial charge >= 0.3 is 0 Å². The Balaban J connectivity index is 1.76. The Morgan fingerprint density at radius 2 is 2.07 bits per heavy atom. The monoisotopic (exact) mass is 389 g/mol. The number of nitrogens with zero attached hydrogens (tertiary/aromatic N) is 3. The second-order valence-corrected chi connectivity index (χ2v) is 7.06. The van der Waals surface area contributed by atoms with Crippen LogP contribution in [0.1, 0.15) is 37.2 Å². The van der Waals surface area contributed by atoms with Gasteiger partial charge in [-0.3, -0.25) is 24.9 Å². The lowest BCUT2D eigenvalue weighted by atomic mass is 9.92. The summed E-state index contributed by atoms with van der Waals surface area (Å²) in [5, 5.41) is 21.3. The van der Waals surface area contributed by atoms with Crippen molar-refractivity contribution in [3.63, 3.8) is 0 Å². The van der Waals surface area contributed by atoms with Crippen molar-refractivity contribution in [1.82, 2.24) is 20.4 Å². The zero-order chi connectivity index (χ0) is 20.1. The van der Waals surface area contributed by atoms with Gasteiger partial charge in [0.05, 0.1) is 23.7 Å². The van der Waals surface area contributed by atoms with Crippen molar-refractivity contribution in [2.24, 2.45) is 5.92 Å². The topological polar surface area (TPSA) is 113 Å². The van der Waals surface area contributed by atoms with Crippen LogP contribution < -0.4 is 5.32 Å². The minimum Gasteiger partial charge on any atom is -0.379 e. The third-order valence-corrected chi connectivity index (χ3v) is 5.55. The molecule has 2 aromatic rings. The SMILES string of the molecule is CCC(CC)C(CNC(=O)c1n[nH]c2ccc([N+](=O)[O-])cc12)N1CCOCC1. The van der Waals surface area contributed by atoms with E-state index in [1.807, 2.05) is 0 Å². The molecule has 9 nitrogen and oxygen atoms in total. The molecule has 0 spiro atoms. The predicted octanol–water partition coefficient (Wildman–Crippen LogP) is 2.34. The van der Waals surface area contributed by atoms with Gasteiger partial charge in [-0.2, -0.15) is 5.10 Å². The summed E-state index contributed by atoms with van der Waals surface area (Å²) in [6.07, 6.45) is 2.07. The molecule has 1 aromatic heterocycles. The molecule has 1 fully saturated rings. The van der Waals surface area contributed by atoms with Crippen LogP contribution in [-0.4, -0.2) is 64.8 Å². The van der Waals surface area contributed by atoms with E-state index in [0.29, 0.717) is 36.6 Å². The molecule has 0 radical (unpaired) electrons. The number of aromatic amines is 1. The molecule has 1 unspecified atom stereocenters. The molecular weight excluding hydrogens is 362 g/mol. The highest BCUT2D eigenvalue weighted by Crippen LogP contribution is 2.23. The maximum absolute atomic E-state index is 12.8. The number of benzene rings is 1. The first-order valence-corrected chi connectivity index (χ1v) is 9.77. The van der Waals surface area contributed by atoms with Gasteiger partial charge in [0.2, 0.25) is 0 Å². The molecule has 3 rings (SSSR count). The average molecular weight is 389 g/mol. The number of carbonyl (C=O) groups excluding carboxylic acids is 1. The molecule has 2 heterocycles. The number of morpholine rings is 1. The van der Waals surface area contributed by atoms with Crippen LogP contribution in [-0.2, 0) is 4.74 Å². The normalized spacial score (nSPS) is 16.4. The Bertz CT molecular complexity index is 827. The van der Waals surface area contributed by atoms with Crippen molar-refractivity contribution in [3.05, 3.63) is 34.0 Å². The number of aromatic nitrogens is 2. The molecule has 1 aliphatic rings. The molecule has 1 saturated heterocycles. The number of ether oxygens (including phenoxy) is 1. The van der Waals surface area contributed by atoms with Gasteiger partial charge in [0.1, 0.15) is 0 Å². The lowest BCUT2D eigenvalue weighted by molar-refractivity contribution is -0.384. The van der Waals surface area contributed by atoms with E-state index in [-0.39, 0.29) is 23.3 Å². The summed E-state index contributed by atoms with van der Waals surface area (Å²) < 4.78 is 5.46. The minimum atomic E-state index is -0.477. The zero-order valence-electron chi connectivity index (χ0n) is 16.3. The smallest absolute Gasteiger partial charge is 0.272 e. The van der Waals surface area contributed by atoms with Crippen molar-refractivity contribution in [2.45, 2.75) is 32.7 Å². The third-order valence-electron chi connectivity index (χ3n) is 5.55. The van der Waals surface area contributed by atoms with Crippen molar-refractivity contribution in [3.8, 4) is 0 Å². The van der Waals surface area contributed by atoms with Gasteiger partial charge in [-0.25, -0.2) is 0 Å². The van der Waals surface area contributed by atoms with Gasteiger partial charge in [0.15, 0.2) is 5.69 Å². The number of nitro benzene ring substituents is 1. The second-order valence-electron chi connectivity index (χ2n) is 7.06. The molecule has 0 aliphatic carbocycles. The molecular formula is C19H27N5O4. The summed E-state index contributed by atoms with van der Waals surface area (Å²) in [4.78, 5) is 25.7. The van der Waals surface area contributed by atoms with Gasteiger partial charge in [-0.05, 0) is 12.0 Å². The maximum Gasteiger partial charge on any atom is 0.272 e. The Morgan fingerprint density at radius 3 is 2.71 bits per heavy atom. The van der Waals surface area contributed by atoms with Gasteiger partial charge in [0.25, 0.3) is 11.6 Å². The lowest BCUT2D eigenvalue weighted by Crippen LogP contribution is -2.52. The number of nitrogens with one attached hydrogen (secondary N) is 2. The van der Waals surface area contributed by atoms with Crippen molar-refractivity contribution >= 4 is 22.5 Å². The number of hydrogen-bond donors (Lipinski definition) is 2. The van der Waals surface area contributed by atoms with Crippen LogP contribution in [0, 0.1) is 16.0 Å². The van der Waals surface area contributed by atoms with E-state index in [2.05, 4.69) is 34.3 Å². The second kappa shape index (κ2) is 9.11. The molecule has 9 heteroatoms. The average Bonchev–Trinajstić information content (AvgIpc) is 3.14. The molecule has 0 saturated carbocycles. The summed E-state index contributed by atoms with van der Waals surface area (Å²) in [6, 6.07) is 4.57. The maximum atomic E-state index is 12.8. The van der Waals surface area contributed by atoms with E-state index < -0.39 is 4.92 Å². The Hall–Kier alpha value is -2.52. The molecule has 1 aromatic carbocycles. The van der Waals surface area contributed by atoms with Gasteiger partial charge < -0.3 is 10.1 Å². The molecule has 1 aliphatic heterocycles. The van der Waals surface area contributed by atoms with E-state index in [1.165, 1.54) is 12.1 Å².